The summed E-state index contributed by atoms with van der Waals surface area (Å²) in [6, 6.07) is 9.12. The van der Waals surface area contributed by atoms with Crippen LogP contribution in [0, 0.1) is 5.82 Å². The van der Waals surface area contributed by atoms with Crippen molar-refractivity contribution in [3.63, 3.8) is 0 Å². The summed E-state index contributed by atoms with van der Waals surface area (Å²) in [7, 11) is 0. The summed E-state index contributed by atoms with van der Waals surface area (Å²) < 4.78 is 14.8. The molecule has 1 aromatic carbocycles. The molecule has 1 N–H and O–H groups in total. The number of aromatic nitrogens is 1. The van der Waals surface area contributed by atoms with Gasteiger partial charge in [0.1, 0.15) is 5.82 Å². The van der Waals surface area contributed by atoms with Crippen molar-refractivity contribution in [1.29, 1.82) is 0 Å². The number of nitrogens with one attached hydrogen (secondary N) is 1. The Hall–Kier alpha value is -0.780. The first-order chi connectivity index (χ1) is 10.1. The predicted octanol–water partition coefficient (Wildman–Crippen LogP) is 5.03. The molecule has 0 radical (unpaired) electrons. The minimum absolute atomic E-state index is 0.0953. The Morgan fingerprint density at radius 2 is 2.05 bits per heavy atom. The highest BCUT2D eigenvalue weighted by Gasteiger charge is 2.16. The van der Waals surface area contributed by atoms with Gasteiger partial charge in [-0.2, -0.15) is 0 Å². The van der Waals surface area contributed by atoms with Gasteiger partial charge < -0.3 is 5.32 Å². The summed E-state index contributed by atoms with van der Waals surface area (Å²) in [5.41, 5.74) is 2.04. The Bertz CT molecular complexity index is 605. The van der Waals surface area contributed by atoms with Crippen LogP contribution >= 0.6 is 31.9 Å². The van der Waals surface area contributed by atoms with Crippen LogP contribution in [0.2, 0.25) is 0 Å². The highest BCUT2D eigenvalue weighted by Crippen LogP contribution is 2.26. The summed E-state index contributed by atoms with van der Waals surface area (Å²) in [6.07, 6.45) is 3.60. The Balaban J connectivity index is 2.24. The lowest BCUT2D eigenvalue weighted by atomic mass is 10.0. The predicted molar refractivity (Wildman–Crippen MR) is 90.8 cm³/mol. The Kier molecular flexibility index (Phi) is 6.33. The molecule has 0 aliphatic heterocycles. The lowest BCUT2D eigenvalue weighted by Gasteiger charge is -2.19. The van der Waals surface area contributed by atoms with Crippen molar-refractivity contribution in [2.75, 3.05) is 6.54 Å². The lowest BCUT2D eigenvalue weighted by molar-refractivity contribution is 0.515. The van der Waals surface area contributed by atoms with Crippen LogP contribution in [0.5, 0.6) is 0 Å². The molecule has 1 heterocycles. The van der Waals surface area contributed by atoms with E-state index in [4.69, 9.17) is 0 Å². The second kappa shape index (κ2) is 8.01. The normalized spacial score (nSPS) is 12.4. The molecular formula is C16H17Br2FN2. The first-order valence-electron chi connectivity index (χ1n) is 6.89. The van der Waals surface area contributed by atoms with Crippen molar-refractivity contribution in [3.05, 3.63) is 62.5 Å². The standard InChI is InChI=1S/C16H17Br2FN2/c1-2-7-20-15(16-12(17)4-3-8-21-16)10-11-5-6-14(19)13(18)9-11/h3-6,8-9,15,20H,2,7,10H2,1H3. The molecule has 2 aromatic rings. The Morgan fingerprint density at radius 3 is 2.71 bits per heavy atom. The third-order valence-corrected chi connectivity index (χ3v) is 4.46. The van der Waals surface area contributed by atoms with Crippen LogP contribution in [0.15, 0.2) is 45.5 Å². The topological polar surface area (TPSA) is 24.9 Å². The van der Waals surface area contributed by atoms with Crippen molar-refractivity contribution in [2.45, 2.75) is 25.8 Å². The fraction of sp³-hybridized carbons (Fsp3) is 0.312. The van der Waals surface area contributed by atoms with E-state index >= 15 is 0 Å². The van der Waals surface area contributed by atoms with Gasteiger partial charge in [0.15, 0.2) is 0 Å². The summed E-state index contributed by atoms with van der Waals surface area (Å²) in [5, 5.41) is 3.51. The van der Waals surface area contributed by atoms with Gasteiger partial charge in [0.05, 0.1) is 16.2 Å². The lowest BCUT2D eigenvalue weighted by Crippen LogP contribution is -2.25. The number of halogens is 3. The molecule has 1 atom stereocenters. The number of rotatable bonds is 6. The van der Waals surface area contributed by atoms with Crippen LogP contribution in [-0.2, 0) is 6.42 Å². The average molecular weight is 416 g/mol. The second-order valence-electron chi connectivity index (χ2n) is 4.83. The first kappa shape index (κ1) is 16.6. The molecule has 1 unspecified atom stereocenters. The summed E-state index contributed by atoms with van der Waals surface area (Å²) in [5.74, 6) is -0.240. The zero-order chi connectivity index (χ0) is 15.2. The second-order valence-corrected chi connectivity index (χ2v) is 6.54. The van der Waals surface area contributed by atoms with Crippen LogP contribution in [0.4, 0.5) is 4.39 Å². The molecule has 112 valence electrons. The summed E-state index contributed by atoms with van der Waals surface area (Å²) >= 11 is 6.80. The number of benzene rings is 1. The van der Waals surface area contributed by atoms with Gasteiger partial charge in [0.2, 0.25) is 0 Å². The van der Waals surface area contributed by atoms with Crippen LogP contribution < -0.4 is 5.32 Å². The van der Waals surface area contributed by atoms with Gasteiger partial charge in [-0.3, -0.25) is 4.98 Å². The van der Waals surface area contributed by atoms with E-state index in [1.54, 1.807) is 6.20 Å². The molecule has 0 saturated heterocycles. The van der Waals surface area contributed by atoms with Crippen molar-refractivity contribution in [2.24, 2.45) is 0 Å². The van der Waals surface area contributed by atoms with Gasteiger partial charge in [-0.15, -0.1) is 0 Å². The van der Waals surface area contributed by atoms with E-state index in [1.807, 2.05) is 24.3 Å². The van der Waals surface area contributed by atoms with E-state index in [-0.39, 0.29) is 11.9 Å². The molecule has 0 spiro atoms. The zero-order valence-electron chi connectivity index (χ0n) is 11.7. The van der Waals surface area contributed by atoms with Gasteiger partial charge in [-0.05, 0) is 81.1 Å². The molecule has 0 saturated carbocycles. The van der Waals surface area contributed by atoms with Gasteiger partial charge in [0, 0.05) is 10.7 Å². The van der Waals surface area contributed by atoms with Crippen LogP contribution in [0.25, 0.3) is 0 Å². The molecule has 0 bridgehead atoms. The minimum Gasteiger partial charge on any atom is -0.308 e. The SMILES string of the molecule is CCCNC(Cc1ccc(F)c(Br)c1)c1ncccc1Br. The molecule has 5 heteroatoms. The average Bonchev–Trinajstić information content (AvgIpc) is 2.48. The third kappa shape index (κ3) is 4.59. The van der Waals surface area contributed by atoms with Crippen molar-refractivity contribution in [1.82, 2.24) is 10.3 Å². The van der Waals surface area contributed by atoms with Gasteiger partial charge >= 0.3 is 0 Å². The molecule has 0 amide bonds. The molecular weight excluding hydrogens is 399 g/mol. The molecule has 1 aromatic heterocycles. The molecule has 2 rings (SSSR count). The maximum Gasteiger partial charge on any atom is 0.137 e. The monoisotopic (exact) mass is 414 g/mol. The maximum atomic E-state index is 13.3. The van der Waals surface area contributed by atoms with E-state index in [9.17, 15) is 4.39 Å². The van der Waals surface area contributed by atoms with Crippen LogP contribution in [0.1, 0.15) is 30.6 Å². The van der Waals surface area contributed by atoms with Crippen molar-refractivity contribution < 1.29 is 4.39 Å². The fourth-order valence-electron chi connectivity index (χ4n) is 2.14. The van der Waals surface area contributed by atoms with Crippen LogP contribution in [0.3, 0.4) is 0 Å². The molecule has 21 heavy (non-hydrogen) atoms. The molecule has 0 aliphatic rings. The number of hydrogen-bond donors (Lipinski definition) is 1. The van der Waals surface area contributed by atoms with E-state index in [0.717, 1.165) is 35.1 Å². The number of hydrogen-bond acceptors (Lipinski definition) is 2. The van der Waals surface area contributed by atoms with E-state index in [2.05, 4.69) is 49.1 Å². The quantitative estimate of drug-likeness (QED) is 0.715. The van der Waals surface area contributed by atoms with E-state index in [1.165, 1.54) is 6.07 Å². The Morgan fingerprint density at radius 1 is 1.24 bits per heavy atom. The number of pyridine rings is 1. The molecule has 2 nitrogen and oxygen atoms in total. The molecule has 0 fully saturated rings. The summed E-state index contributed by atoms with van der Waals surface area (Å²) in [6.45, 7) is 3.04. The largest absolute Gasteiger partial charge is 0.308 e. The van der Waals surface area contributed by atoms with Crippen molar-refractivity contribution in [3.8, 4) is 0 Å². The van der Waals surface area contributed by atoms with Crippen LogP contribution in [-0.4, -0.2) is 11.5 Å². The fourth-order valence-corrected chi connectivity index (χ4v) is 3.10. The van der Waals surface area contributed by atoms with E-state index in [0.29, 0.717) is 4.47 Å². The van der Waals surface area contributed by atoms with Gasteiger partial charge in [-0.1, -0.05) is 13.0 Å². The smallest absolute Gasteiger partial charge is 0.137 e. The minimum atomic E-state index is -0.240. The maximum absolute atomic E-state index is 13.3. The first-order valence-corrected chi connectivity index (χ1v) is 8.48. The summed E-state index contributed by atoms with van der Waals surface area (Å²) in [4.78, 5) is 4.47. The highest BCUT2D eigenvalue weighted by atomic mass is 79.9. The van der Waals surface area contributed by atoms with E-state index < -0.39 is 0 Å². The van der Waals surface area contributed by atoms with Crippen molar-refractivity contribution >= 4 is 31.9 Å². The molecule has 0 aliphatic carbocycles. The Labute approximate surface area is 141 Å². The number of nitrogens with zero attached hydrogens (tertiary/aromatic N) is 1. The zero-order valence-corrected chi connectivity index (χ0v) is 14.9. The highest BCUT2D eigenvalue weighted by molar-refractivity contribution is 9.10. The third-order valence-electron chi connectivity index (χ3n) is 3.18. The van der Waals surface area contributed by atoms with Gasteiger partial charge in [-0.25, -0.2) is 4.39 Å². The van der Waals surface area contributed by atoms with Gasteiger partial charge in [0.25, 0.3) is 0 Å².